The van der Waals surface area contributed by atoms with Crippen molar-refractivity contribution in [3.05, 3.63) is 23.5 Å². The number of aryl methyl sites for hydroxylation is 1. The number of nitrogens with one attached hydrogen (secondary N) is 1. The molecule has 1 heterocycles. The smallest absolute Gasteiger partial charge is 0.0750 e. The molecule has 84 valence electrons. The minimum absolute atomic E-state index is 0.0978. The van der Waals surface area contributed by atoms with Crippen molar-refractivity contribution in [3.63, 3.8) is 0 Å². The van der Waals surface area contributed by atoms with Crippen LogP contribution in [0.25, 0.3) is 6.08 Å². The van der Waals surface area contributed by atoms with Crippen LogP contribution in [0.15, 0.2) is 12.3 Å². The topological polar surface area (TPSA) is 29.9 Å². The first-order valence-corrected chi connectivity index (χ1v) is 5.30. The van der Waals surface area contributed by atoms with Crippen LogP contribution < -0.4 is 5.32 Å². The number of hydrogen-bond donors (Lipinski definition) is 1. The van der Waals surface area contributed by atoms with Gasteiger partial charge in [0, 0.05) is 30.8 Å². The van der Waals surface area contributed by atoms with Gasteiger partial charge in [-0.15, -0.1) is 0 Å². The maximum absolute atomic E-state index is 4.51. The summed E-state index contributed by atoms with van der Waals surface area (Å²) >= 11 is 0. The fraction of sp³-hybridized carbons (Fsp3) is 0.583. The SMILES string of the molecule is CNC/C=C/c1cn(C)nc1C(C)(C)C. The molecule has 0 aliphatic rings. The van der Waals surface area contributed by atoms with Gasteiger partial charge in [0.05, 0.1) is 5.69 Å². The van der Waals surface area contributed by atoms with Crippen molar-refractivity contribution in [1.29, 1.82) is 0 Å². The molecule has 0 saturated heterocycles. The van der Waals surface area contributed by atoms with Crippen LogP contribution in [0.1, 0.15) is 32.0 Å². The largest absolute Gasteiger partial charge is 0.316 e. The summed E-state index contributed by atoms with van der Waals surface area (Å²) in [6.07, 6.45) is 6.31. The molecule has 0 fully saturated rings. The van der Waals surface area contributed by atoms with Crippen LogP contribution in [0.4, 0.5) is 0 Å². The molecule has 3 heteroatoms. The number of nitrogens with zero attached hydrogens (tertiary/aromatic N) is 2. The van der Waals surface area contributed by atoms with Gasteiger partial charge in [0.25, 0.3) is 0 Å². The monoisotopic (exact) mass is 207 g/mol. The average Bonchev–Trinajstić information content (AvgIpc) is 2.47. The Morgan fingerprint density at radius 2 is 2.13 bits per heavy atom. The van der Waals surface area contributed by atoms with E-state index in [-0.39, 0.29) is 5.41 Å². The van der Waals surface area contributed by atoms with Crippen molar-refractivity contribution in [2.24, 2.45) is 7.05 Å². The standard InChI is InChI=1S/C12H21N3/c1-12(2,3)11-10(7-6-8-13-4)9-15(5)14-11/h6-7,9,13H,8H2,1-5H3/b7-6+. The quantitative estimate of drug-likeness (QED) is 0.821. The molecule has 0 radical (unpaired) electrons. The van der Waals surface area contributed by atoms with Crippen LogP contribution in [0.5, 0.6) is 0 Å². The van der Waals surface area contributed by atoms with E-state index < -0.39 is 0 Å². The van der Waals surface area contributed by atoms with Gasteiger partial charge in [0.15, 0.2) is 0 Å². The van der Waals surface area contributed by atoms with Crippen LogP contribution in [-0.4, -0.2) is 23.4 Å². The first-order valence-electron chi connectivity index (χ1n) is 5.30. The second kappa shape index (κ2) is 4.62. The first-order chi connectivity index (χ1) is 6.95. The highest BCUT2D eigenvalue weighted by atomic mass is 15.3. The van der Waals surface area contributed by atoms with Gasteiger partial charge >= 0.3 is 0 Å². The van der Waals surface area contributed by atoms with E-state index in [9.17, 15) is 0 Å². The van der Waals surface area contributed by atoms with Gasteiger partial charge in [0.1, 0.15) is 0 Å². The highest BCUT2D eigenvalue weighted by Gasteiger charge is 2.20. The van der Waals surface area contributed by atoms with Crippen LogP contribution >= 0.6 is 0 Å². The number of aromatic nitrogens is 2. The van der Waals surface area contributed by atoms with Crippen molar-refractivity contribution < 1.29 is 0 Å². The molecule has 0 saturated carbocycles. The van der Waals surface area contributed by atoms with Gasteiger partial charge in [-0.2, -0.15) is 5.10 Å². The van der Waals surface area contributed by atoms with Crippen LogP contribution in [0.3, 0.4) is 0 Å². The summed E-state index contributed by atoms with van der Waals surface area (Å²) in [5.74, 6) is 0. The molecule has 15 heavy (non-hydrogen) atoms. The van der Waals surface area contributed by atoms with Crippen molar-refractivity contribution in [1.82, 2.24) is 15.1 Å². The second-order valence-corrected chi connectivity index (χ2v) is 4.82. The van der Waals surface area contributed by atoms with Gasteiger partial charge in [-0.3, -0.25) is 4.68 Å². The number of likely N-dealkylation sites (N-methyl/N-ethyl adjacent to an activating group) is 1. The maximum atomic E-state index is 4.51. The van der Waals surface area contributed by atoms with Crippen molar-refractivity contribution in [2.45, 2.75) is 26.2 Å². The fourth-order valence-corrected chi connectivity index (χ4v) is 1.52. The van der Waals surface area contributed by atoms with Crippen molar-refractivity contribution in [2.75, 3.05) is 13.6 Å². The lowest BCUT2D eigenvalue weighted by molar-refractivity contribution is 0.552. The lowest BCUT2D eigenvalue weighted by atomic mass is 9.89. The van der Waals surface area contributed by atoms with Gasteiger partial charge < -0.3 is 5.32 Å². The molecule has 1 N–H and O–H groups in total. The second-order valence-electron chi connectivity index (χ2n) is 4.82. The summed E-state index contributed by atoms with van der Waals surface area (Å²) in [6, 6.07) is 0. The van der Waals surface area contributed by atoms with Gasteiger partial charge in [-0.1, -0.05) is 32.9 Å². The molecule has 3 nitrogen and oxygen atoms in total. The van der Waals surface area contributed by atoms with Gasteiger partial charge in [-0.25, -0.2) is 0 Å². The van der Waals surface area contributed by atoms with E-state index in [1.165, 1.54) is 5.56 Å². The summed E-state index contributed by atoms with van der Waals surface area (Å²) < 4.78 is 1.87. The van der Waals surface area contributed by atoms with Crippen molar-refractivity contribution in [3.8, 4) is 0 Å². The zero-order valence-corrected chi connectivity index (χ0v) is 10.3. The Balaban J connectivity index is 2.97. The van der Waals surface area contributed by atoms with Crippen LogP contribution in [0.2, 0.25) is 0 Å². The average molecular weight is 207 g/mol. The first kappa shape index (κ1) is 12.0. The van der Waals surface area contributed by atoms with Crippen LogP contribution in [-0.2, 0) is 12.5 Å². The molecule has 0 aliphatic carbocycles. The van der Waals surface area contributed by atoms with E-state index in [2.05, 4.69) is 49.5 Å². The summed E-state index contributed by atoms with van der Waals surface area (Å²) in [7, 11) is 3.91. The molecule has 0 aromatic carbocycles. The van der Waals surface area contributed by atoms with E-state index >= 15 is 0 Å². The predicted octanol–water partition coefficient (Wildman–Crippen LogP) is 1.95. The zero-order valence-electron chi connectivity index (χ0n) is 10.3. The lowest BCUT2D eigenvalue weighted by Gasteiger charge is -2.16. The summed E-state index contributed by atoms with van der Waals surface area (Å²) in [6.45, 7) is 7.44. The summed E-state index contributed by atoms with van der Waals surface area (Å²) in [5, 5.41) is 7.59. The zero-order chi connectivity index (χ0) is 11.5. The van der Waals surface area contributed by atoms with Crippen LogP contribution in [0, 0.1) is 0 Å². The minimum atomic E-state index is 0.0978. The van der Waals surface area contributed by atoms with Gasteiger partial charge in [-0.05, 0) is 7.05 Å². The Bertz CT molecular complexity index is 342. The Kier molecular flexibility index (Phi) is 3.69. The predicted molar refractivity (Wildman–Crippen MR) is 64.9 cm³/mol. The fourth-order valence-electron chi connectivity index (χ4n) is 1.52. The molecule has 1 aromatic rings. The maximum Gasteiger partial charge on any atom is 0.0750 e. The number of hydrogen-bond acceptors (Lipinski definition) is 2. The van der Waals surface area contributed by atoms with Gasteiger partial charge in [0.2, 0.25) is 0 Å². The van der Waals surface area contributed by atoms with E-state index in [0.29, 0.717) is 0 Å². The molecule has 0 atom stereocenters. The molecular formula is C12H21N3. The molecule has 1 aromatic heterocycles. The number of rotatable bonds is 3. The van der Waals surface area contributed by atoms with E-state index in [1.807, 2.05) is 18.8 Å². The highest BCUT2D eigenvalue weighted by Crippen LogP contribution is 2.24. The van der Waals surface area contributed by atoms with Crippen molar-refractivity contribution >= 4 is 6.08 Å². The Morgan fingerprint density at radius 1 is 1.47 bits per heavy atom. The lowest BCUT2D eigenvalue weighted by Crippen LogP contribution is -2.14. The third-order valence-electron chi connectivity index (χ3n) is 2.19. The third-order valence-corrected chi connectivity index (χ3v) is 2.19. The minimum Gasteiger partial charge on any atom is -0.316 e. The molecule has 0 aliphatic heterocycles. The molecule has 0 amide bonds. The van der Waals surface area contributed by atoms with E-state index in [1.54, 1.807) is 0 Å². The molecule has 0 spiro atoms. The normalized spacial score (nSPS) is 12.6. The van der Waals surface area contributed by atoms with E-state index in [4.69, 9.17) is 0 Å². The molecule has 0 unspecified atom stereocenters. The highest BCUT2D eigenvalue weighted by molar-refractivity contribution is 5.52. The Labute approximate surface area is 92.2 Å². The summed E-state index contributed by atoms with van der Waals surface area (Å²) in [4.78, 5) is 0. The third kappa shape index (κ3) is 3.20. The molecule has 1 rings (SSSR count). The molecule has 0 bridgehead atoms. The van der Waals surface area contributed by atoms with E-state index in [0.717, 1.165) is 12.2 Å². The Morgan fingerprint density at radius 3 is 2.67 bits per heavy atom. The summed E-state index contributed by atoms with van der Waals surface area (Å²) in [5.41, 5.74) is 2.46. The Hall–Kier alpha value is -1.09. The molecular weight excluding hydrogens is 186 g/mol.